The SMILES string of the molecule is CCC(N)CNc1ccnc(-c2cc(-c3ccnn3C)ccc2O)n1. The second-order valence-electron chi connectivity index (χ2n) is 5.89. The summed E-state index contributed by atoms with van der Waals surface area (Å²) in [6.07, 6.45) is 4.29. The van der Waals surface area contributed by atoms with Crippen LogP contribution in [0.1, 0.15) is 13.3 Å². The number of phenols is 1. The number of nitrogens with one attached hydrogen (secondary N) is 1. The van der Waals surface area contributed by atoms with E-state index in [0.29, 0.717) is 23.8 Å². The summed E-state index contributed by atoms with van der Waals surface area (Å²) in [5.41, 5.74) is 8.38. The van der Waals surface area contributed by atoms with Gasteiger partial charge in [-0.1, -0.05) is 6.92 Å². The summed E-state index contributed by atoms with van der Waals surface area (Å²) >= 11 is 0. The molecule has 25 heavy (non-hydrogen) atoms. The van der Waals surface area contributed by atoms with Gasteiger partial charge in [0.2, 0.25) is 0 Å². The molecule has 1 unspecified atom stereocenters. The fourth-order valence-electron chi connectivity index (χ4n) is 2.50. The molecule has 0 fully saturated rings. The molecule has 2 aromatic heterocycles. The maximum Gasteiger partial charge on any atom is 0.165 e. The maximum atomic E-state index is 10.3. The average Bonchev–Trinajstić information content (AvgIpc) is 3.06. The highest BCUT2D eigenvalue weighted by atomic mass is 16.3. The number of aryl methyl sites for hydroxylation is 1. The molecule has 4 N–H and O–H groups in total. The quantitative estimate of drug-likeness (QED) is 0.638. The van der Waals surface area contributed by atoms with Crippen LogP contribution in [0.15, 0.2) is 42.7 Å². The predicted molar refractivity (Wildman–Crippen MR) is 98.1 cm³/mol. The number of anilines is 1. The molecule has 0 aliphatic rings. The van der Waals surface area contributed by atoms with E-state index in [1.807, 2.05) is 32.2 Å². The molecule has 3 rings (SSSR count). The number of aromatic hydroxyl groups is 1. The Bertz CT molecular complexity index is 860. The topological polar surface area (TPSA) is 102 Å². The van der Waals surface area contributed by atoms with Crippen molar-refractivity contribution in [3.63, 3.8) is 0 Å². The van der Waals surface area contributed by atoms with Crippen molar-refractivity contribution in [2.75, 3.05) is 11.9 Å². The fourth-order valence-corrected chi connectivity index (χ4v) is 2.50. The van der Waals surface area contributed by atoms with E-state index in [9.17, 15) is 5.11 Å². The fraction of sp³-hybridized carbons (Fsp3) is 0.278. The summed E-state index contributed by atoms with van der Waals surface area (Å²) in [5, 5.41) is 17.6. The van der Waals surface area contributed by atoms with E-state index < -0.39 is 0 Å². The normalized spacial score (nSPS) is 12.1. The van der Waals surface area contributed by atoms with Gasteiger partial charge in [0.05, 0.1) is 11.3 Å². The van der Waals surface area contributed by atoms with Gasteiger partial charge in [0, 0.05) is 37.6 Å². The Labute approximate surface area is 146 Å². The van der Waals surface area contributed by atoms with E-state index in [0.717, 1.165) is 17.7 Å². The van der Waals surface area contributed by atoms with E-state index in [4.69, 9.17) is 5.73 Å². The molecule has 0 radical (unpaired) electrons. The van der Waals surface area contributed by atoms with E-state index >= 15 is 0 Å². The smallest absolute Gasteiger partial charge is 0.165 e. The summed E-state index contributed by atoms with van der Waals surface area (Å²) in [6.45, 7) is 2.67. The lowest BCUT2D eigenvalue weighted by Gasteiger charge is -2.12. The predicted octanol–water partition coefficient (Wildman–Crippen LogP) is 2.40. The van der Waals surface area contributed by atoms with Gasteiger partial charge in [0.1, 0.15) is 11.6 Å². The van der Waals surface area contributed by atoms with Crippen LogP contribution in [-0.4, -0.2) is 37.4 Å². The van der Waals surface area contributed by atoms with Gasteiger partial charge >= 0.3 is 0 Å². The molecule has 0 saturated carbocycles. The molecule has 0 spiro atoms. The summed E-state index contributed by atoms with van der Waals surface area (Å²) < 4.78 is 1.78. The summed E-state index contributed by atoms with van der Waals surface area (Å²) in [5.74, 6) is 1.27. The summed E-state index contributed by atoms with van der Waals surface area (Å²) in [6, 6.07) is 9.13. The van der Waals surface area contributed by atoms with E-state index in [2.05, 4.69) is 20.4 Å². The van der Waals surface area contributed by atoms with Gasteiger partial charge in [-0.05, 0) is 36.8 Å². The monoisotopic (exact) mass is 338 g/mol. The number of aromatic nitrogens is 4. The molecule has 0 aliphatic heterocycles. The number of nitrogens with two attached hydrogens (primary N) is 1. The van der Waals surface area contributed by atoms with Crippen molar-refractivity contribution >= 4 is 5.82 Å². The van der Waals surface area contributed by atoms with Gasteiger partial charge in [-0.3, -0.25) is 4.68 Å². The highest BCUT2D eigenvalue weighted by Gasteiger charge is 2.12. The van der Waals surface area contributed by atoms with E-state index in [1.54, 1.807) is 29.2 Å². The van der Waals surface area contributed by atoms with Crippen LogP contribution in [0.25, 0.3) is 22.6 Å². The van der Waals surface area contributed by atoms with Gasteiger partial charge in [-0.15, -0.1) is 0 Å². The molecule has 3 aromatic rings. The number of phenolic OH excluding ortho intramolecular Hbond substituents is 1. The van der Waals surface area contributed by atoms with Crippen LogP contribution in [0, 0.1) is 0 Å². The lowest BCUT2D eigenvalue weighted by Crippen LogP contribution is -2.28. The van der Waals surface area contributed by atoms with Crippen molar-refractivity contribution in [2.24, 2.45) is 12.8 Å². The molecular formula is C18H22N6O. The van der Waals surface area contributed by atoms with Crippen molar-refractivity contribution in [1.82, 2.24) is 19.7 Å². The third-order valence-corrected chi connectivity index (χ3v) is 4.08. The second kappa shape index (κ2) is 7.31. The van der Waals surface area contributed by atoms with Crippen LogP contribution in [0.4, 0.5) is 5.82 Å². The number of rotatable bonds is 6. The minimum Gasteiger partial charge on any atom is -0.507 e. The first-order valence-electron chi connectivity index (χ1n) is 8.22. The summed E-state index contributed by atoms with van der Waals surface area (Å²) in [7, 11) is 1.87. The molecule has 130 valence electrons. The molecule has 2 heterocycles. The van der Waals surface area contributed by atoms with Gasteiger partial charge in [0.25, 0.3) is 0 Å². The third-order valence-electron chi connectivity index (χ3n) is 4.08. The Hall–Kier alpha value is -2.93. The Kier molecular flexibility index (Phi) is 4.95. The molecule has 0 aliphatic carbocycles. The maximum absolute atomic E-state index is 10.3. The van der Waals surface area contributed by atoms with Crippen molar-refractivity contribution in [3.8, 4) is 28.4 Å². The van der Waals surface area contributed by atoms with Crippen molar-refractivity contribution in [3.05, 3.63) is 42.7 Å². The lowest BCUT2D eigenvalue weighted by molar-refractivity contribution is 0.477. The Morgan fingerprint density at radius 2 is 2.08 bits per heavy atom. The Balaban J connectivity index is 1.92. The first kappa shape index (κ1) is 16.9. The van der Waals surface area contributed by atoms with Crippen molar-refractivity contribution < 1.29 is 5.11 Å². The number of benzene rings is 1. The number of hydrogen-bond acceptors (Lipinski definition) is 6. The van der Waals surface area contributed by atoms with Crippen LogP contribution in [0.2, 0.25) is 0 Å². The molecule has 0 saturated heterocycles. The van der Waals surface area contributed by atoms with Crippen LogP contribution >= 0.6 is 0 Å². The van der Waals surface area contributed by atoms with Gasteiger partial charge in [0.15, 0.2) is 5.82 Å². The van der Waals surface area contributed by atoms with Gasteiger partial charge in [-0.2, -0.15) is 5.10 Å². The molecule has 7 heteroatoms. The second-order valence-corrected chi connectivity index (χ2v) is 5.89. The summed E-state index contributed by atoms with van der Waals surface area (Å²) in [4.78, 5) is 8.79. The molecular weight excluding hydrogens is 316 g/mol. The minimum absolute atomic E-state index is 0.0694. The standard InChI is InChI=1S/C18H22N6O/c1-3-13(19)11-21-17-7-8-20-18(23-17)14-10-12(4-5-16(14)25)15-6-9-22-24(15)2/h4-10,13,25H,3,11,19H2,1-2H3,(H,20,21,23). The van der Waals surface area contributed by atoms with Gasteiger partial charge < -0.3 is 16.2 Å². The van der Waals surface area contributed by atoms with Crippen LogP contribution in [0.3, 0.4) is 0 Å². The van der Waals surface area contributed by atoms with Crippen molar-refractivity contribution in [1.29, 1.82) is 0 Å². The largest absolute Gasteiger partial charge is 0.507 e. The Morgan fingerprint density at radius 1 is 1.24 bits per heavy atom. The molecule has 1 atom stereocenters. The first-order chi connectivity index (χ1) is 12.1. The zero-order valence-electron chi connectivity index (χ0n) is 14.3. The molecule has 0 amide bonds. The zero-order chi connectivity index (χ0) is 17.8. The average molecular weight is 338 g/mol. The van der Waals surface area contributed by atoms with Crippen LogP contribution in [-0.2, 0) is 7.05 Å². The van der Waals surface area contributed by atoms with E-state index in [1.165, 1.54) is 0 Å². The highest BCUT2D eigenvalue weighted by molar-refractivity contribution is 5.73. The molecule has 0 bridgehead atoms. The lowest BCUT2D eigenvalue weighted by atomic mass is 10.1. The third kappa shape index (κ3) is 3.77. The number of nitrogens with zero attached hydrogens (tertiary/aromatic N) is 4. The Morgan fingerprint density at radius 3 is 2.80 bits per heavy atom. The first-order valence-corrected chi connectivity index (χ1v) is 8.22. The minimum atomic E-state index is 0.0694. The molecule has 1 aromatic carbocycles. The molecule has 7 nitrogen and oxygen atoms in total. The van der Waals surface area contributed by atoms with Crippen LogP contribution < -0.4 is 11.1 Å². The highest BCUT2D eigenvalue weighted by Crippen LogP contribution is 2.31. The van der Waals surface area contributed by atoms with Gasteiger partial charge in [-0.25, -0.2) is 9.97 Å². The van der Waals surface area contributed by atoms with E-state index in [-0.39, 0.29) is 11.8 Å². The number of hydrogen-bond donors (Lipinski definition) is 3. The zero-order valence-corrected chi connectivity index (χ0v) is 14.3. The van der Waals surface area contributed by atoms with Crippen LogP contribution in [0.5, 0.6) is 5.75 Å². The van der Waals surface area contributed by atoms with Crippen molar-refractivity contribution in [2.45, 2.75) is 19.4 Å².